The largest absolute Gasteiger partial charge is 0.351 e. The van der Waals surface area contributed by atoms with E-state index in [9.17, 15) is 4.79 Å². The Morgan fingerprint density at radius 2 is 1.57 bits per heavy atom. The monoisotopic (exact) mass is 414 g/mol. The van der Waals surface area contributed by atoms with Crippen LogP contribution in [-0.4, -0.2) is 26.4 Å². The quantitative estimate of drug-likeness (QED) is 0.447. The number of amides is 1. The van der Waals surface area contributed by atoms with E-state index in [0.29, 0.717) is 11.7 Å². The van der Waals surface area contributed by atoms with Gasteiger partial charge in [-0.25, -0.2) is 0 Å². The number of benzene rings is 3. The summed E-state index contributed by atoms with van der Waals surface area (Å²) in [6, 6.07) is 28.0. The molecule has 0 spiro atoms. The highest BCUT2D eigenvalue weighted by Gasteiger charge is 2.18. The van der Waals surface area contributed by atoms with E-state index in [1.54, 1.807) is 0 Å². The lowest BCUT2D eigenvalue weighted by molar-refractivity contribution is -0.118. The van der Waals surface area contributed by atoms with Crippen molar-refractivity contribution in [2.75, 3.05) is 5.75 Å². The van der Waals surface area contributed by atoms with Crippen LogP contribution in [0.1, 0.15) is 11.1 Å². The van der Waals surface area contributed by atoms with Crippen LogP contribution in [0.15, 0.2) is 90.1 Å². The van der Waals surface area contributed by atoms with Crippen molar-refractivity contribution in [1.82, 2.24) is 20.1 Å². The normalized spacial score (nSPS) is 10.7. The van der Waals surface area contributed by atoms with Crippen LogP contribution in [0, 0.1) is 6.92 Å². The molecule has 4 aromatic rings. The van der Waals surface area contributed by atoms with Crippen molar-refractivity contribution in [1.29, 1.82) is 0 Å². The summed E-state index contributed by atoms with van der Waals surface area (Å²) < 4.78 is 2.03. The molecule has 1 aromatic heterocycles. The summed E-state index contributed by atoms with van der Waals surface area (Å²) in [7, 11) is 0. The Hall–Kier alpha value is -3.38. The van der Waals surface area contributed by atoms with E-state index in [0.717, 1.165) is 28.2 Å². The number of carbonyl (C=O) groups excluding carboxylic acids is 1. The Morgan fingerprint density at radius 3 is 2.30 bits per heavy atom. The highest BCUT2D eigenvalue weighted by molar-refractivity contribution is 7.99. The predicted molar refractivity (Wildman–Crippen MR) is 121 cm³/mol. The predicted octanol–water partition coefficient (Wildman–Crippen LogP) is 4.65. The number of hydrogen-bond donors (Lipinski definition) is 1. The van der Waals surface area contributed by atoms with Crippen molar-refractivity contribution in [2.24, 2.45) is 0 Å². The van der Waals surface area contributed by atoms with Gasteiger partial charge in [-0.05, 0) is 24.1 Å². The number of nitrogens with one attached hydrogen (secondary N) is 1. The molecular weight excluding hydrogens is 392 g/mol. The standard InChI is InChI=1S/C24H22N4OS/c1-18-10-8-9-15-21(18)28-23(20-13-6-3-7-14-20)26-27-24(28)30-17-22(29)25-16-19-11-4-2-5-12-19/h2-15H,16-17H2,1H3,(H,25,29). The molecule has 0 unspecified atom stereocenters. The van der Waals surface area contributed by atoms with Gasteiger partial charge in [-0.1, -0.05) is 90.6 Å². The Bertz CT molecular complexity index is 1130. The van der Waals surface area contributed by atoms with Gasteiger partial charge in [-0.3, -0.25) is 9.36 Å². The zero-order chi connectivity index (χ0) is 20.8. The Morgan fingerprint density at radius 1 is 0.900 bits per heavy atom. The number of aryl methyl sites for hydroxylation is 1. The van der Waals surface area contributed by atoms with Crippen LogP contribution in [-0.2, 0) is 11.3 Å². The van der Waals surface area contributed by atoms with E-state index in [1.165, 1.54) is 11.8 Å². The van der Waals surface area contributed by atoms with E-state index >= 15 is 0 Å². The lowest BCUT2D eigenvalue weighted by Gasteiger charge is -2.13. The average molecular weight is 415 g/mol. The summed E-state index contributed by atoms with van der Waals surface area (Å²) in [4.78, 5) is 12.4. The van der Waals surface area contributed by atoms with Gasteiger partial charge in [0.1, 0.15) is 0 Å². The van der Waals surface area contributed by atoms with Crippen LogP contribution in [0.25, 0.3) is 17.1 Å². The second kappa shape index (κ2) is 9.41. The van der Waals surface area contributed by atoms with Gasteiger partial charge in [0.15, 0.2) is 11.0 Å². The summed E-state index contributed by atoms with van der Waals surface area (Å²) in [5, 5.41) is 12.5. The molecule has 1 heterocycles. The molecule has 3 aromatic carbocycles. The van der Waals surface area contributed by atoms with Gasteiger partial charge in [-0.2, -0.15) is 0 Å². The van der Waals surface area contributed by atoms with Gasteiger partial charge in [0.05, 0.1) is 11.4 Å². The van der Waals surface area contributed by atoms with Gasteiger partial charge in [0, 0.05) is 12.1 Å². The SMILES string of the molecule is Cc1ccccc1-n1c(SCC(=O)NCc2ccccc2)nnc1-c1ccccc1. The van der Waals surface area contributed by atoms with Gasteiger partial charge in [0.2, 0.25) is 5.91 Å². The summed E-state index contributed by atoms with van der Waals surface area (Å²) in [5.41, 5.74) is 4.18. The van der Waals surface area contributed by atoms with Crippen LogP contribution in [0.4, 0.5) is 0 Å². The minimum absolute atomic E-state index is 0.0375. The van der Waals surface area contributed by atoms with Crippen molar-refractivity contribution in [2.45, 2.75) is 18.6 Å². The van der Waals surface area contributed by atoms with E-state index in [4.69, 9.17) is 0 Å². The summed E-state index contributed by atoms with van der Waals surface area (Å²) in [6.07, 6.45) is 0. The lowest BCUT2D eigenvalue weighted by Crippen LogP contribution is -2.24. The number of carbonyl (C=O) groups is 1. The zero-order valence-electron chi connectivity index (χ0n) is 16.7. The number of aromatic nitrogens is 3. The zero-order valence-corrected chi connectivity index (χ0v) is 17.5. The van der Waals surface area contributed by atoms with Crippen molar-refractivity contribution in [3.05, 3.63) is 96.1 Å². The molecule has 0 saturated carbocycles. The molecule has 0 fully saturated rings. The molecule has 4 rings (SSSR count). The number of thioether (sulfide) groups is 1. The molecule has 0 aliphatic heterocycles. The topological polar surface area (TPSA) is 59.8 Å². The fourth-order valence-electron chi connectivity index (χ4n) is 3.15. The van der Waals surface area contributed by atoms with E-state index in [1.807, 2.05) is 83.4 Å². The smallest absolute Gasteiger partial charge is 0.230 e. The molecule has 1 amide bonds. The van der Waals surface area contributed by atoms with Gasteiger partial charge in [-0.15, -0.1) is 10.2 Å². The van der Waals surface area contributed by atoms with Crippen LogP contribution in [0.3, 0.4) is 0 Å². The Kier molecular flexibility index (Phi) is 6.25. The first-order chi connectivity index (χ1) is 14.7. The Labute approximate surface area is 180 Å². The third-order valence-corrected chi connectivity index (χ3v) is 5.62. The number of rotatable bonds is 7. The maximum atomic E-state index is 12.4. The van der Waals surface area contributed by atoms with E-state index < -0.39 is 0 Å². The molecular formula is C24H22N4OS. The molecule has 0 aliphatic carbocycles. The maximum Gasteiger partial charge on any atom is 0.230 e. The highest BCUT2D eigenvalue weighted by atomic mass is 32.2. The third-order valence-electron chi connectivity index (χ3n) is 4.69. The minimum Gasteiger partial charge on any atom is -0.351 e. The van der Waals surface area contributed by atoms with Crippen molar-refractivity contribution in [3.8, 4) is 17.1 Å². The minimum atomic E-state index is -0.0375. The number of hydrogen-bond acceptors (Lipinski definition) is 4. The first-order valence-corrected chi connectivity index (χ1v) is 10.7. The average Bonchev–Trinajstić information content (AvgIpc) is 3.21. The third kappa shape index (κ3) is 4.60. The highest BCUT2D eigenvalue weighted by Crippen LogP contribution is 2.29. The van der Waals surface area contributed by atoms with Crippen LogP contribution in [0.5, 0.6) is 0 Å². The second-order valence-corrected chi connectivity index (χ2v) is 7.79. The Balaban J connectivity index is 1.55. The number of para-hydroxylation sites is 1. The molecule has 5 nitrogen and oxygen atoms in total. The molecule has 0 saturated heterocycles. The van der Waals surface area contributed by atoms with Crippen molar-refractivity contribution < 1.29 is 4.79 Å². The first-order valence-electron chi connectivity index (χ1n) is 9.72. The lowest BCUT2D eigenvalue weighted by atomic mass is 10.1. The van der Waals surface area contributed by atoms with E-state index in [2.05, 4.69) is 28.5 Å². The summed E-state index contributed by atoms with van der Waals surface area (Å²) >= 11 is 1.39. The van der Waals surface area contributed by atoms with Gasteiger partial charge in [0.25, 0.3) is 0 Å². The van der Waals surface area contributed by atoms with Gasteiger partial charge >= 0.3 is 0 Å². The molecule has 0 radical (unpaired) electrons. The van der Waals surface area contributed by atoms with Gasteiger partial charge < -0.3 is 5.32 Å². The van der Waals surface area contributed by atoms with Crippen LogP contribution in [0.2, 0.25) is 0 Å². The molecule has 0 bridgehead atoms. The second-order valence-electron chi connectivity index (χ2n) is 6.85. The van der Waals surface area contributed by atoms with E-state index in [-0.39, 0.29) is 11.7 Å². The molecule has 1 N–H and O–H groups in total. The summed E-state index contributed by atoms with van der Waals surface area (Å²) in [5.74, 6) is 0.993. The van der Waals surface area contributed by atoms with Crippen molar-refractivity contribution >= 4 is 17.7 Å². The summed E-state index contributed by atoms with van der Waals surface area (Å²) in [6.45, 7) is 2.57. The fourth-order valence-corrected chi connectivity index (χ4v) is 3.92. The number of nitrogens with zero attached hydrogens (tertiary/aromatic N) is 3. The van der Waals surface area contributed by atoms with Crippen molar-refractivity contribution in [3.63, 3.8) is 0 Å². The molecule has 0 atom stereocenters. The van der Waals surface area contributed by atoms with Crippen LogP contribution >= 0.6 is 11.8 Å². The molecule has 30 heavy (non-hydrogen) atoms. The fraction of sp³-hybridized carbons (Fsp3) is 0.125. The molecule has 150 valence electrons. The molecule has 6 heteroatoms. The first kappa shape index (κ1) is 19.9. The van der Waals surface area contributed by atoms with Crippen LogP contribution < -0.4 is 5.32 Å². The maximum absolute atomic E-state index is 12.4. The molecule has 0 aliphatic rings.